The normalized spacial score (nSPS) is 12.5. The van der Waals surface area contributed by atoms with Crippen LogP contribution in [-0.4, -0.2) is 37.0 Å². The predicted octanol–water partition coefficient (Wildman–Crippen LogP) is 7.13. The summed E-state index contributed by atoms with van der Waals surface area (Å²) in [4.78, 5) is 11.9. The van der Waals surface area contributed by atoms with Gasteiger partial charge in [-0.1, -0.05) is 96.6 Å². The fourth-order valence-corrected chi connectivity index (χ4v) is 3.36. The van der Waals surface area contributed by atoms with Gasteiger partial charge in [-0.15, -0.1) is 0 Å². The Morgan fingerprint density at radius 2 is 1.33 bits per heavy atom. The third-order valence-corrected chi connectivity index (χ3v) is 5.34. The van der Waals surface area contributed by atoms with Gasteiger partial charge in [0.1, 0.15) is 6.10 Å². The molecule has 0 amide bonds. The molecule has 0 fully saturated rings. The van der Waals surface area contributed by atoms with Crippen molar-refractivity contribution in [2.75, 3.05) is 19.8 Å². The minimum absolute atomic E-state index is 0.172. The summed E-state index contributed by atoms with van der Waals surface area (Å²) in [6, 6.07) is 0. The van der Waals surface area contributed by atoms with E-state index in [9.17, 15) is 9.90 Å². The highest BCUT2D eigenvalue weighted by molar-refractivity contribution is 5.69. The highest BCUT2D eigenvalue weighted by atomic mass is 16.6. The van der Waals surface area contributed by atoms with Crippen LogP contribution in [0.15, 0.2) is 12.2 Å². The molecule has 0 spiro atoms. The standard InChI is InChI=1S/C26H50O4/c1-3-5-7-9-11-12-13-14-15-17-19-21-26(28)30-25(23-27)24-29-22-20-18-16-10-8-6-4-2/h9,11,25,27H,3-8,10,12-24H2,1-2H3/b11-9-. The van der Waals surface area contributed by atoms with Gasteiger partial charge in [0.15, 0.2) is 0 Å². The van der Waals surface area contributed by atoms with E-state index < -0.39 is 6.10 Å². The molecular formula is C26H50O4. The number of aliphatic hydroxyl groups is 1. The number of aliphatic hydroxyl groups excluding tert-OH is 1. The van der Waals surface area contributed by atoms with Crippen molar-refractivity contribution in [3.8, 4) is 0 Å². The molecule has 0 heterocycles. The summed E-state index contributed by atoms with van der Waals surface area (Å²) in [5.74, 6) is -0.215. The van der Waals surface area contributed by atoms with Crippen LogP contribution >= 0.6 is 0 Å². The highest BCUT2D eigenvalue weighted by Crippen LogP contribution is 2.10. The first-order valence-corrected chi connectivity index (χ1v) is 12.8. The summed E-state index contributed by atoms with van der Waals surface area (Å²) in [7, 11) is 0. The molecule has 30 heavy (non-hydrogen) atoms. The van der Waals surface area contributed by atoms with E-state index in [0.29, 0.717) is 19.6 Å². The Morgan fingerprint density at radius 3 is 2.00 bits per heavy atom. The van der Waals surface area contributed by atoms with Crippen molar-refractivity contribution < 1.29 is 19.4 Å². The zero-order valence-electron chi connectivity index (χ0n) is 20.0. The van der Waals surface area contributed by atoms with Gasteiger partial charge in [0.2, 0.25) is 0 Å². The van der Waals surface area contributed by atoms with Crippen LogP contribution in [-0.2, 0) is 14.3 Å². The topological polar surface area (TPSA) is 55.8 Å². The summed E-state index contributed by atoms with van der Waals surface area (Å²) in [6.07, 6.45) is 23.7. The molecule has 0 saturated heterocycles. The lowest BCUT2D eigenvalue weighted by atomic mass is 10.1. The van der Waals surface area contributed by atoms with E-state index in [-0.39, 0.29) is 12.6 Å². The second kappa shape index (κ2) is 24.4. The first-order valence-electron chi connectivity index (χ1n) is 12.8. The van der Waals surface area contributed by atoms with Crippen LogP contribution in [0.4, 0.5) is 0 Å². The van der Waals surface area contributed by atoms with Crippen LogP contribution < -0.4 is 0 Å². The van der Waals surface area contributed by atoms with Gasteiger partial charge in [-0.05, 0) is 32.1 Å². The van der Waals surface area contributed by atoms with E-state index >= 15 is 0 Å². The molecular weight excluding hydrogens is 376 g/mol. The number of hydrogen-bond acceptors (Lipinski definition) is 4. The second-order valence-electron chi connectivity index (χ2n) is 8.41. The average molecular weight is 427 g/mol. The van der Waals surface area contributed by atoms with Gasteiger partial charge < -0.3 is 14.6 Å². The number of carbonyl (C=O) groups excluding carboxylic acids is 1. The van der Waals surface area contributed by atoms with Crippen molar-refractivity contribution in [1.82, 2.24) is 0 Å². The van der Waals surface area contributed by atoms with Gasteiger partial charge in [0, 0.05) is 13.0 Å². The minimum atomic E-state index is -0.526. The Bertz CT molecular complexity index is 381. The van der Waals surface area contributed by atoms with Gasteiger partial charge in [-0.3, -0.25) is 4.79 Å². The summed E-state index contributed by atoms with van der Waals surface area (Å²) in [6.45, 7) is 5.25. The number of rotatable bonds is 23. The van der Waals surface area contributed by atoms with Gasteiger partial charge >= 0.3 is 5.97 Å². The Balaban J connectivity index is 3.50. The van der Waals surface area contributed by atoms with E-state index in [1.807, 2.05) is 0 Å². The van der Waals surface area contributed by atoms with E-state index in [4.69, 9.17) is 9.47 Å². The molecule has 0 aromatic carbocycles. The van der Waals surface area contributed by atoms with E-state index in [1.165, 1.54) is 83.5 Å². The molecule has 4 nitrogen and oxygen atoms in total. The lowest BCUT2D eigenvalue weighted by Gasteiger charge is -2.15. The fraction of sp³-hybridized carbons (Fsp3) is 0.885. The van der Waals surface area contributed by atoms with Crippen molar-refractivity contribution in [2.45, 2.75) is 129 Å². The number of esters is 1. The molecule has 4 heteroatoms. The van der Waals surface area contributed by atoms with Crippen LogP contribution in [0.5, 0.6) is 0 Å². The maximum absolute atomic E-state index is 11.9. The number of allylic oxidation sites excluding steroid dienone is 2. The molecule has 1 N–H and O–H groups in total. The number of ether oxygens (including phenoxy) is 2. The quantitative estimate of drug-likeness (QED) is 0.107. The Kier molecular flexibility index (Phi) is 23.7. The number of hydrogen-bond donors (Lipinski definition) is 1. The minimum Gasteiger partial charge on any atom is -0.457 e. The number of unbranched alkanes of at least 4 members (excludes halogenated alkanes) is 13. The Hall–Kier alpha value is -0.870. The molecule has 0 bridgehead atoms. The smallest absolute Gasteiger partial charge is 0.306 e. The van der Waals surface area contributed by atoms with Gasteiger partial charge in [-0.25, -0.2) is 0 Å². The summed E-state index contributed by atoms with van der Waals surface area (Å²) >= 11 is 0. The largest absolute Gasteiger partial charge is 0.457 e. The molecule has 0 radical (unpaired) electrons. The molecule has 178 valence electrons. The summed E-state index contributed by atoms with van der Waals surface area (Å²) < 4.78 is 10.9. The Labute approximate surface area is 186 Å². The molecule has 0 aromatic heterocycles. The van der Waals surface area contributed by atoms with Crippen LogP contribution in [0, 0.1) is 0 Å². The molecule has 0 aliphatic heterocycles. The molecule has 0 aromatic rings. The van der Waals surface area contributed by atoms with Crippen molar-refractivity contribution in [1.29, 1.82) is 0 Å². The first-order chi connectivity index (χ1) is 14.7. The van der Waals surface area contributed by atoms with Crippen LogP contribution in [0.1, 0.15) is 123 Å². The maximum Gasteiger partial charge on any atom is 0.306 e. The van der Waals surface area contributed by atoms with Gasteiger partial charge in [0.25, 0.3) is 0 Å². The third kappa shape index (κ3) is 21.8. The van der Waals surface area contributed by atoms with Crippen LogP contribution in [0.2, 0.25) is 0 Å². The zero-order chi connectivity index (χ0) is 22.1. The molecule has 0 rings (SSSR count). The van der Waals surface area contributed by atoms with Gasteiger partial charge in [0.05, 0.1) is 13.2 Å². The van der Waals surface area contributed by atoms with Crippen molar-refractivity contribution in [3.05, 3.63) is 12.2 Å². The molecule has 0 aliphatic rings. The molecule has 0 aliphatic carbocycles. The molecule has 1 atom stereocenters. The highest BCUT2D eigenvalue weighted by Gasteiger charge is 2.13. The van der Waals surface area contributed by atoms with E-state index in [2.05, 4.69) is 26.0 Å². The molecule has 1 unspecified atom stereocenters. The average Bonchev–Trinajstić information content (AvgIpc) is 2.75. The van der Waals surface area contributed by atoms with Crippen LogP contribution in [0.25, 0.3) is 0 Å². The fourth-order valence-electron chi connectivity index (χ4n) is 3.36. The predicted molar refractivity (Wildman–Crippen MR) is 127 cm³/mol. The second-order valence-corrected chi connectivity index (χ2v) is 8.41. The summed E-state index contributed by atoms with van der Waals surface area (Å²) in [5.41, 5.74) is 0. The lowest BCUT2D eigenvalue weighted by molar-refractivity contribution is -0.154. The lowest BCUT2D eigenvalue weighted by Crippen LogP contribution is -2.27. The van der Waals surface area contributed by atoms with Crippen molar-refractivity contribution in [2.24, 2.45) is 0 Å². The third-order valence-electron chi connectivity index (χ3n) is 5.34. The zero-order valence-corrected chi connectivity index (χ0v) is 20.0. The Morgan fingerprint density at radius 1 is 0.767 bits per heavy atom. The van der Waals surface area contributed by atoms with E-state index in [0.717, 1.165) is 19.3 Å². The first kappa shape index (κ1) is 29.1. The van der Waals surface area contributed by atoms with Crippen molar-refractivity contribution in [3.63, 3.8) is 0 Å². The van der Waals surface area contributed by atoms with Crippen LogP contribution in [0.3, 0.4) is 0 Å². The van der Waals surface area contributed by atoms with Crippen molar-refractivity contribution >= 4 is 5.97 Å². The monoisotopic (exact) mass is 426 g/mol. The van der Waals surface area contributed by atoms with Gasteiger partial charge in [-0.2, -0.15) is 0 Å². The van der Waals surface area contributed by atoms with E-state index in [1.54, 1.807) is 0 Å². The SMILES string of the molecule is CCCC/C=C\CCCCCCCC(=O)OC(CO)COCCCCCCCCC. The summed E-state index contributed by atoms with van der Waals surface area (Å²) in [5, 5.41) is 9.40. The molecule has 0 saturated carbocycles. The maximum atomic E-state index is 11.9. The number of carbonyl (C=O) groups is 1.